The predicted octanol–water partition coefficient (Wildman–Crippen LogP) is 4.18. The number of hydrogen-bond donors (Lipinski definition) is 0. The lowest BCUT2D eigenvalue weighted by Gasteiger charge is -2.15. The van der Waals surface area contributed by atoms with Gasteiger partial charge in [-0.2, -0.15) is 0 Å². The minimum Gasteiger partial charge on any atom is -0.497 e. The van der Waals surface area contributed by atoms with E-state index in [1.165, 1.54) is 20.3 Å². The Balaban J connectivity index is 2.39. The van der Waals surface area contributed by atoms with Crippen LogP contribution in [-0.2, 0) is 0 Å². The Kier molecular flexibility index (Phi) is 4.91. The first-order valence-electron chi connectivity index (χ1n) is 6.30. The van der Waals surface area contributed by atoms with Crippen LogP contribution in [-0.4, -0.2) is 21.3 Å². The summed E-state index contributed by atoms with van der Waals surface area (Å²) < 4.78 is 29.5. The summed E-state index contributed by atoms with van der Waals surface area (Å²) in [6.45, 7) is 0. The maximum atomic E-state index is 14.2. The molecule has 0 aliphatic carbocycles. The number of halogens is 2. The summed E-state index contributed by atoms with van der Waals surface area (Å²) in [5, 5.41) is -0.629. The molecule has 0 heterocycles. The molecule has 2 aromatic rings. The van der Waals surface area contributed by atoms with Crippen LogP contribution in [0.2, 0.25) is 0 Å². The van der Waals surface area contributed by atoms with Gasteiger partial charge in [0.25, 0.3) is 0 Å². The van der Waals surface area contributed by atoms with Crippen molar-refractivity contribution in [1.29, 1.82) is 0 Å². The van der Waals surface area contributed by atoms with E-state index in [1.54, 1.807) is 37.4 Å². The minimum absolute atomic E-state index is 0.331. The Labute approximate surface area is 128 Å². The van der Waals surface area contributed by atoms with Gasteiger partial charge in [-0.25, -0.2) is 4.39 Å². The van der Waals surface area contributed by atoms with Crippen LogP contribution < -0.4 is 14.2 Å². The van der Waals surface area contributed by atoms with Gasteiger partial charge in [0.1, 0.15) is 11.6 Å². The third-order valence-electron chi connectivity index (χ3n) is 3.18. The number of methoxy groups -OCH3 is 3. The first-order chi connectivity index (χ1) is 10.1. The molecule has 0 N–H and O–H groups in total. The summed E-state index contributed by atoms with van der Waals surface area (Å²) in [6.07, 6.45) is 0. The van der Waals surface area contributed by atoms with E-state index in [1.807, 2.05) is 0 Å². The van der Waals surface area contributed by atoms with Gasteiger partial charge in [-0.1, -0.05) is 12.1 Å². The van der Waals surface area contributed by atoms with Gasteiger partial charge in [0.15, 0.2) is 11.5 Å². The summed E-state index contributed by atoms with van der Waals surface area (Å²) in [4.78, 5) is 0. The lowest BCUT2D eigenvalue weighted by molar-refractivity contribution is 0.351. The van der Waals surface area contributed by atoms with E-state index in [-0.39, 0.29) is 0 Å². The molecule has 3 nitrogen and oxygen atoms in total. The third-order valence-corrected chi connectivity index (χ3v) is 3.67. The van der Waals surface area contributed by atoms with Crippen molar-refractivity contribution in [3.05, 3.63) is 53.3 Å². The molecule has 112 valence electrons. The van der Waals surface area contributed by atoms with Gasteiger partial charge in [-0.15, -0.1) is 11.6 Å². The van der Waals surface area contributed by atoms with E-state index in [0.717, 1.165) is 11.3 Å². The lowest BCUT2D eigenvalue weighted by atomic mass is 10.0. The van der Waals surface area contributed by atoms with E-state index < -0.39 is 11.2 Å². The van der Waals surface area contributed by atoms with Crippen LogP contribution in [0, 0.1) is 5.82 Å². The molecule has 1 unspecified atom stereocenters. The van der Waals surface area contributed by atoms with Crippen molar-refractivity contribution in [3.8, 4) is 17.2 Å². The van der Waals surface area contributed by atoms with Crippen LogP contribution in [0.3, 0.4) is 0 Å². The molecule has 0 aromatic heterocycles. The minimum atomic E-state index is -0.629. The number of alkyl halides is 1. The molecule has 2 aromatic carbocycles. The zero-order valence-electron chi connectivity index (χ0n) is 12.0. The van der Waals surface area contributed by atoms with E-state index in [4.69, 9.17) is 25.8 Å². The molecule has 0 radical (unpaired) electrons. The SMILES string of the molecule is COc1ccc(C(Cl)c2cc(OC)c(OC)cc2F)cc1. The molecule has 2 rings (SSSR count). The fourth-order valence-corrected chi connectivity index (χ4v) is 2.33. The van der Waals surface area contributed by atoms with Gasteiger partial charge < -0.3 is 14.2 Å². The molecule has 0 fully saturated rings. The molecule has 0 bridgehead atoms. The van der Waals surface area contributed by atoms with E-state index in [2.05, 4.69) is 0 Å². The quantitative estimate of drug-likeness (QED) is 0.775. The smallest absolute Gasteiger partial charge is 0.163 e. The molecule has 0 aliphatic heterocycles. The summed E-state index contributed by atoms with van der Waals surface area (Å²) in [6, 6.07) is 9.98. The maximum Gasteiger partial charge on any atom is 0.163 e. The summed E-state index contributed by atoms with van der Waals surface area (Å²) >= 11 is 6.38. The number of rotatable bonds is 5. The maximum absolute atomic E-state index is 14.2. The molecule has 1 atom stereocenters. The van der Waals surface area contributed by atoms with Crippen molar-refractivity contribution in [3.63, 3.8) is 0 Å². The summed E-state index contributed by atoms with van der Waals surface area (Å²) in [5.74, 6) is 1.05. The first kappa shape index (κ1) is 15.4. The highest BCUT2D eigenvalue weighted by molar-refractivity contribution is 6.22. The topological polar surface area (TPSA) is 27.7 Å². The Bertz CT molecular complexity index is 614. The Morgan fingerprint density at radius 2 is 1.48 bits per heavy atom. The highest BCUT2D eigenvalue weighted by Gasteiger charge is 2.19. The zero-order chi connectivity index (χ0) is 15.4. The van der Waals surface area contributed by atoms with E-state index in [9.17, 15) is 4.39 Å². The molecular weight excluding hydrogens is 295 g/mol. The van der Waals surface area contributed by atoms with Crippen molar-refractivity contribution in [2.45, 2.75) is 5.38 Å². The van der Waals surface area contributed by atoms with Crippen molar-refractivity contribution in [2.75, 3.05) is 21.3 Å². The highest BCUT2D eigenvalue weighted by atomic mass is 35.5. The van der Waals surface area contributed by atoms with Gasteiger partial charge >= 0.3 is 0 Å². The Morgan fingerprint density at radius 1 is 0.905 bits per heavy atom. The summed E-state index contributed by atoms with van der Waals surface area (Å²) in [5.41, 5.74) is 1.10. The van der Waals surface area contributed by atoms with Crippen molar-refractivity contribution < 1.29 is 18.6 Å². The average Bonchev–Trinajstić information content (AvgIpc) is 2.54. The van der Waals surface area contributed by atoms with Crippen LogP contribution >= 0.6 is 11.6 Å². The van der Waals surface area contributed by atoms with Gasteiger partial charge in [0.05, 0.1) is 26.7 Å². The first-order valence-corrected chi connectivity index (χ1v) is 6.73. The van der Waals surface area contributed by atoms with E-state index >= 15 is 0 Å². The van der Waals surface area contributed by atoms with Crippen molar-refractivity contribution in [2.24, 2.45) is 0 Å². The molecule has 5 heteroatoms. The van der Waals surface area contributed by atoms with Gasteiger partial charge in [0.2, 0.25) is 0 Å². The van der Waals surface area contributed by atoms with Crippen LogP contribution in [0.5, 0.6) is 17.2 Å². The largest absolute Gasteiger partial charge is 0.497 e. The Hall–Kier alpha value is -1.94. The molecular formula is C16H16ClFO3. The fraction of sp³-hybridized carbons (Fsp3) is 0.250. The molecule has 0 amide bonds. The van der Waals surface area contributed by atoms with E-state index in [0.29, 0.717) is 17.1 Å². The molecule has 0 saturated carbocycles. The Morgan fingerprint density at radius 3 is 2.00 bits per heavy atom. The second-order valence-corrected chi connectivity index (χ2v) is 4.80. The lowest BCUT2D eigenvalue weighted by Crippen LogP contribution is -2.00. The zero-order valence-corrected chi connectivity index (χ0v) is 12.8. The van der Waals surface area contributed by atoms with Crippen LogP contribution in [0.25, 0.3) is 0 Å². The third kappa shape index (κ3) is 3.22. The molecule has 21 heavy (non-hydrogen) atoms. The second kappa shape index (κ2) is 6.68. The van der Waals surface area contributed by atoms with Crippen LogP contribution in [0.4, 0.5) is 4.39 Å². The fourth-order valence-electron chi connectivity index (χ4n) is 2.02. The number of hydrogen-bond acceptors (Lipinski definition) is 3. The van der Waals surface area contributed by atoms with Crippen LogP contribution in [0.15, 0.2) is 36.4 Å². The monoisotopic (exact) mass is 310 g/mol. The van der Waals surface area contributed by atoms with Gasteiger partial charge in [-0.3, -0.25) is 0 Å². The standard InChI is InChI=1S/C16H16ClFO3/c1-19-11-6-4-10(5-7-11)16(17)12-8-14(20-2)15(21-3)9-13(12)18/h4-9,16H,1-3H3. The van der Waals surface area contributed by atoms with Crippen LogP contribution in [0.1, 0.15) is 16.5 Å². The number of ether oxygens (including phenoxy) is 3. The normalized spacial score (nSPS) is 11.9. The molecule has 0 saturated heterocycles. The molecule has 0 spiro atoms. The number of benzene rings is 2. The van der Waals surface area contributed by atoms with Crippen molar-refractivity contribution >= 4 is 11.6 Å². The molecule has 0 aliphatic rings. The average molecular weight is 311 g/mol. The van der Waals surface area contributed by atoms with Gasteiger partial charge in [-0.05, 0) is 23.8 Å². The second-order valence-electron chi connectivity index (χ2n) is 4.36. The predicted molar refractivity (Wildman–Crippen MR) is 80.2 cm³/mol. The summed E-state index contributed by atoms with van der Waals surface area (Å²) in [7, 11) is 4.54. The van der Waals surface area contributed by atoms with Crippen molar-refractivity contribution in [1.82, 2.24) is 0 Å². The van der Waals surface area contributed by atoms with Gasteiger partial charge in [0, 0.05) is 11.6 Å². The highest BCUT2D eigenvalue weighted by Crippen LogP contribution is 2.37.